The van der Waals surface area contributed by atoms with Crippen molar-refractivity contribution in [3.8, 4) is 5.75 Å². The van der Waals surface area contributed by atoms with Gasteiger partial charge in [-0.3, -0.25) is 4.79 Å². The summed E-state index contributed by atoms with van der Waals surface area (Å²) in [5.74, 6) is -1.13. The first-order chi connectivity index (χ1) is 16.4. The van der Waals surface area contributed by atoms with Crippen LogP contribution in [0.15, 0.2) is 96.4 Å². The molecule has 174 valence electrons. The Morgan fingerprint density at radius 2 is 1.53 bits per heavy atom. The van der Waals surface area contributed by atoms with E-state index in [-0.39, 0.29) is 17.9 Å². The zero-order valence-electron chi connectivity index (χ0n) is 18.2. The van der Waals surface area contributed by atoms with Gasteiger partial charge in [0.1, 0.15) is 17.9 Å². The average Bonchev–Trinajstić information content (AvgIpc) is 3.21. The van der Waals surface area contributed by atoms with Gasteiger partial charge in [-0.15, -0.1) is 0 Å². The van der Waals surface area contributed by atoms with Gasteiger partial charge in [-0.1, -0.05) is 60.7 Å². The Morgan fingerprint density at radius 1 is 0.882 bits per heavy atom. The van der Waals surface area contributed by atoms with Crippen LogP contribution in [0.2, 0.25) is 0 Å². The molecule has 0 saturated heterocycles. The van der Waals surface area contributed by atoms with Gasteiger partial charge in [0.25, 0.3) is 5.91 Å². The van der Waals surface area contributed by atoms with E-state index in [1.165, 1.54) is 11.0 Å². The standard InChI is InChI=1S/C26H23NO6S/c28-25(27(21-11-5-2-6-12-21)22-15-16-34(30,31)19-22)18-33-26(29)23-13-7-8-14-24(23)32-17-20-9-3-1-4-10-20/h1-16,22H,17-19H2. The van der Waals surface area contributed by atoms with Gasteiger partial charge in [0.05, 0.1) is 11.8 Å². The zero-order valence-corrected chi connectivity index (χ0v) is 19.1. The molecule has 0 fully saturated rings. The van der Waals surface area contributed by atoms with Crippen molar-refractivity contribution in [1.29, 1.82) is 0 Å². The topological polar surface area (TPSA) is 90.0 Å². The van der Waals surface area contributed by atoms with Gasteiger partial charge < -0.3 is 14.4 Å². The molecule has 4 rings (SSSR count). The lowest BCUT2D eigenvalue weighted by atomic mass is 10.2. The number of esters is 1. The largest absolute Gasteiger partial charge is 0.488 e. The summed E-state index contributed by atoms with van der Waals surface area (Å²) in [4.78, 5) is 27.2. The molecular weight excluding hydrogens is 454 g/mol. The van der Waals surface area contributed by atoms with Crippen molar-refractivity contribution >= 4 is 27.4 Å². The van der Waals surface area contributed by atoms with Crippen LogP contribution in [-0.4, -0.2) is 38.7 Å². The lowest BCUT2D eigenvalue weighted by molar-refractivity contribution is -0.121. The highest BCUT2D eigenvalue weighted by molar-refractivity contribution is 7.94. The number of carbonyl (C=O) groups excluding carboxylic acids is 2. The third-order valence-electron chi connectivity index (χ3n) is 5.22. The molecule has 7 nitrogen and oxygen atoms in total. The van der Waals surface area contributed by atoms with Gasteiger partial charge in [-0.2, -0.15) is 0 Å². The number of ether oxygens (including phenoxy) is 2. The number of nitrogens with zero attached hydrogens (tertiary/aromatic N) is 1. The minimum atomic E-state index is -3.39. The molecule has 1 atom stereocenters. The predicted octanol–water partition coefficient (Wildman–Crippen LogP) is 3.77. The third-order valence-corrected chi connectivity index (χ3v) is 6.59. The number of carbonyl (C=O) groups is 2. The van der Waals surface area contributed by atoms with Crippen LogP contribution < -0.4 is 9.64 Å². The summed E-state index contributed by atoms with van der Waals surface area (Å²) in [6.45, 7) is -0.278. The van der Waals surface area contributed by atoms with Crippen molar-refractivity contribution in [3.05, 3.63) is 108 Å². The van der Waals surface area contributed by atoms with E-state index in [0.717, 1.165) is 11.0 Å². The van der Waals surface area contributed by atoms with Crippen LogP contribution in [0.4, 0.5) is 5.69 Å². The second kappa shape index (κ2) is 10.4. The predicted molar refractivity (Wildman–Crippen MR) is 128 cm³/mol. The van der Waals surface area contributed by atoms with Crippen LogP contribution in [0.5, 0.6) is 5.75 Å². The molecule has 34 heavy (non-hydrogen) atoms. The number of para-hydroxylation sites is 2. The van der Waals surface area contributed by atoms with Crippen LogP contribution in [-0.2, 0) is 26.0 Å². The van der Waals surface area contributed by atoms with E-state index >= 15 is 0 Å². The van der Waals surface area contributed by atoms with Gasteiger partial charge >= 0.3 is 5.97 Å². The van der Waals surface area contributed by atoms with Gasteiger partial charge in [-0.05, 0) is 35.9 Å². The number of amides is 1. The van der Waals surface area contributed by atoms with Crippen molar-refractivity contribution < 1.29 is 27.5 Å². The van der Waals surface area contributed by atoms with Gasteiger partial charge in [-0.25, -0.2) is 13.2 Å². The van der Waals surface area contributed by atoms with E-state index in [4.69, 9.17) is 9.47 Å². The molecule has 0 N–H and O–H groups in total. The summed E-state index contributed by atoms with van der Waals surface area (Å²) in [6.07, 6.45) is 1.47. The quantitative estimate of drug-likeness (QED) is 0.459. The van der Waals surface area contributed by atoms with Crippen molar-refractivity contribution in [3.63, 3.8) is 0 Å². The van der Waals surface area contributed by atoms with E-state index in [1.807, 2.05) is 30.3 Å². The third kappa shape index (κ3) is 5.71. The van der Waals surface area contributed by atoms with Crippen molar-refractivity contribution in [2.75, 3.05) is 17.3 Å². The minimum absolute atomic E-state index is 0.195. The highest BCUT2D eigenvalue weighted by Crippen LogP contribution is 2.24. The summed E-state index contributed by atoms with van der Waals surface area (Å²) in [5, 5.41) is 1.10. The Kier molecular flexibility index (Phi) is 7.08. The molecule has 3 aromatic carbocycles. The lowest BCUT2D eigenvalue weighted by Gasteiger charge is -2.27. The molecule has 1 unspecified atom stereocenters. The van der Waals surface area contributed by atoms with E-state index in [0.29, 0.717) is 11.4 Å². The van der Waals surface area contributed by atoms with Gasteiger partial charge in [0.15, 0.2) is 16.4 Å². The lowest BCUT2D eigenvalue weighted by Crippen LogP contribution is -2.43. The van der Waals surface area contributed by atoms with Gasteiger partial charge in [0.2, 0.25) is 0 Å². The first kappa shape index (κ1) is 23.3. The second-order valence-corrected chi connectivity index (χ2v) is 9.60. The van der Waals surface area contributed by atoms with E-state index in [9.17, 15) is 18.0 Å². The molecule has 0 aliphatic carbocycles. The van der Waals surface area contributed by atoms with Crippen LogP contribution >= 0.6 is 0 Å². The monoisotopic (exact) mass is 477 g/mol. The molecule has 1 aliphatic heterocycles. The van der Waals surface area contributed by atoms with Crippen LogP contribution in [0.3, 0.4) is 0 Å². The molecule has 0 spiro atoms. The number of benzene rings is 3. The number of hydrogen-bond acceptors (Lipinski definition) is 6. The Bertz CT molecular complexity index is 1290. The number of anilines is 1. The van der Waals surface area contributed by atoms with Crippen molar-refractivity contribution in [2.45, 2.75) is 12.6 Å². The normalized spacial score (nSPS) is 16.1. The molecule has 0 saturated carbocycles. The first-order valence-electron chi connectivity index (χ1n) is 10.6. The van der Waals surface area contributed by atoms with Crippen molar-refractivity contribution in [1.82, 2.24) is 0 Å². The summed E-state index contributed by atoms with van der Waals surface area (Å²) >= 11 is 0. The van der Waals surface area contributed by atoms with Crippen LogP contribution in [0.25, 0.3) is 0 Å². The maximum absolute atomic E-state index is 13.1. The maximum atomic E-state index is 13.1. The smallest absolute Gasteiger partial charge is 0.342 e. The molecule has 1 heterocycles. The Labute approximate surface area is 198 Å². The van der Waals surface area contributed by atoms with E-state index < -0.39 is 34.4 Å². The fourth-order valence-electron chi connectivity index (χ4n) is 3.60. The molecule has 0 bridgehead atoms. The van der Waals surface area contributed by atoms with E-state index in [2.05, 4.69) is 0 Å². The fraction of sp³-hybridized carbons (Fsp3) is 0.154. The Balaban J connectivity index is 1.45. The molecule has 1 aliphatic rings. The SMILES string of the molecule is O=C(OCC(=O)N(c1ccccc1)C1C=CS(=O)(=O)C1)c1ccccc1OCc1ccccc1. The number of hydrogen-bond donors (Lipinski definition) is 0. The summed E-state index contributed by atoms with van der Waals surface area (Å²) in [5.41, 5.74) is 1.65. The zero-order chi connectivity index (χ0) is 24.0. The highest BCUT2D eigenvalue weighted by atomic mass is 32.2. The molecule has 0 aromatic heterocycles. The first-order valence-corrected chi connectivity index (χ1v) is 12.4. The fourth-order valence-corrected chi connectivity index (χ4v) is 4.87. The number of rotatable bonds is 8. The minimum Gasteiger partial charge on any atom is -0.488 e. The average molecular weight is 478 g/mol. The number of sulfone groups is 1. The Hall–Kier alpha value is -3.91. The van der Waals surface area contributed by atoms with E-state index in [1.54, 1.807) is 54.6 Å². The summed E-state index contributed by atoms with van der Waals surface area (Å²) in [7, 11) is -3.39. The van der Waals surface area contributed by atoms with Crippen molar-refractivity contribution in [2.24, 2.45) is 0 Å². The maximum Gasteiger partial charge on any atom is 0.342 e. The van der Waals surface area contributed by atoms with Crippen LogP contribution in [0, 0.1) is 0 Å². The molecule has 3 aromatic rings. The van der Waals surface area contributed by atoms with Crippen LogP contribution in [0.1, 0.15) is 15.9 Å². The van der Waals surface area contributed by atoms with Gasteiger partial charge in [0, 0.05) is 11.1 Å². The molecule has 0 radical (unpaired) electrons. The summed E-state index contributed by atoms with van der Waals surface area (Å²) in [6, 6.07) is 24.2. The summed E-state index contributed by atoms with van der Waals surface area (Å²) < 4.78 is 35.0. The molecular formula is C26H23NO6S. The Morgan fingerprint density at radius 3 is 2.21 bits per heavy atom. The molecule has 8 heteroatoms. The highest BCUT2D eigenvalue weighted by Gasteiger charge is 2.32. The molecule has 1 amide bonds. The second-order valence-electron chi connectivity index (χ2n) is 7.67.